The molecule has 3 rings (SSSR count). The number of benzene rings is 2. The molecule has 0 saturated carbocycles. The standard InChI is InChI=1S/C21H22N2O4/c1-14-11-16(15-7-5-4-6-8-15)9-10-18(14)20(24)23-13-17(22-27-3)12-19(23)21(25)26-2/h4-11,19H,12-13H2,1-3H3/b22-17-/t19-/m0/s1. The van der Waals surface area contributed by atoms with Crippen molar-refractivity contribution in [3.05, 3.63) is 59.7 Å². The lowest BCUT2D eigenvalue weighted by Crippen LogP contribution is -2.41. The van der Waals surface area contributed by atoms with Gasteiger partial charge in [0.05, 0.1) is 19.4 Å². The van der Waals surface area contributed by atoms with Gasteiger partial charge in [0.15, 0.2) is 0 Å². The lowest BCUT2D eigenvalue weighted by molar-refractivity contribution is -0.145. The number of carbonyl (C=O) groups excluding carboxylic acids is 2. The summed E-state index contributed by atoms with van der Waals surface area (Å²) in [5.74, 6) is -0.674. The van der Waals surface area contributed by atoms with E-state index in [-0.39, 0.29) is 12.5 Å². The maximum absolute atomic E-state index is 13.1. The number of esters is 1. The highest BCUT2D eigenvalue weighted by molar-refractivity contribution is 6.05. The number of oxime groups is 1. The van der Waals surface area contributed by atoms with Crippen LogP contribution in [0.3, 0.4) is 0 Å². The van der Waals surface area contributed by atoms with Gasteiger partial charge in [0.1, 0.15) is 13.2 Å². The van der Waals surface area contributed by atoms with E-state index in [1.807, 2.05) is 49.4 Å². The van der Waals surface area contributed by atoms with Crippen molar-refractivity contribution in [2.75, 3.05) is 20.8 Å². The quantitative estimate of drug-likeness (QED) is 0.616. The highest BCUT2D eigenvalue weighted by Gasteiger charge is 2.39. The van der Waals surface area contributed by atoms with Crippen LogP contribution >= 0.6 is 0 Å². The summed E-state index contributed by atoms with van der Waals surface area (Å²) in [6, 6.07) is 15.0. The Bertz CT molecular complexity index is 877. The monoisotopic (exact) mass is 366 g/mol. The molecule has 0 bridgehead atoms. The molecule has 1 amide bonds. The molecular weight excluding hydrogens is 344 g/mol. The Labute approximate surface area is 158 Å². The molecule has 6 heteroatoms. The van der Waals surface area contributed by atoms with Crippen molar-refractivity contribution < 1.29 is 19.2 Å². The molecule has 0 aliphatic carbocycles. The maximum Gasteiger partial charge on any atom is 0.329 e. The maximum atomic E-state index is 13.1. The normalized spacial score (nSPS) is 17.8. The van der Waals surface area contributed by atoms with Crippen molar-refractivity contribution in [3.8, 4) is 11.1 Å². The lowest BCUT2D eigenvalue weighted by Gasteiger charge is -2.23. The van der Waals surface area contributed by atoms with Gasteiger partial charge in [-0.3, -0.25) is 4.79 Å². The summed E-state index contributed by atoms with van der Waals surface area (Å²) >= 11 is 0. The summed E-state index contributed by atoms with van der Waals surface area (Å²) < 4.78 is 4.86. The summed E-state index contributed by atoms with van der Waals surface area (Å²) in [7, 11) is 2.76. The summed E-state index contributed by atoms with van der Waals surface area (Å²) in [5, 5.41) is 3.91. The van der Waals surface area contributed by atoms with E-state index in [4.69, 9.17) is 9.57 Å². The molecule has 27 heavy (non-hydrogen) atoms. The summed E-state index contributed by atoms with van der Waals surface area (Å²) in [6.07, 6.45) is 0.313. The van der Waals surface area contributed by atoms with E-state index < -0.39 is 12.0 Å². The second kappa shape index (κ2) is 8.03. The van der Waals surface area contributed by atoms with Gasteiger partial charge in [0, 0.05) is 12.0 Å². The SMILES string of the molecule is CO/N=C1/C[C@@H](C(=O)OC)N(C(=O)c2ccc(-c3ccccc3)cc2C)C1. The molecule has 2 aromatic carbocycles. The number of nitrogens with zero attached hydrogens (tertiary/aromatic N) is 2. The van der Waals surface area contributed by atoms with Gasteiger partial charge in [0.2, 0.25) is 0 Å². The first kappa shape index (κ1) is 18.6. The predicted octanol–water partition coefficient (Wildman–Crippen LogP) is 3.05. The van der Waals surface area contributed by atoms with Crippen molar-refractivity contribution in [3.63, 3.8) is 0 Å². The Hall–Kier alpha value is -3.15. The van der Waals surface area contributed by atoms with Crippen molar-refractivity contribution in [1.29, 1.82) is 0 Å². The van der Waals surface area contributed by atoms with Crippen LogP contribution in [0.4, 0.5) is 0 Å². The van der Waals surface area contributed by atoms with Gasteiger partial charge in [-0.05, 0) is 29.7 Å². The van der Waals surface area contributed by atoms with Crippen molar-refractivity contribution in [2.45, 2.75) is 19.4 Å². The third-order valence-corrected chi connectivity index (χ3v) is 4.68. The number of methoxy groups -OCH3 is 1. The molecule has 1 aliphatic heterocycles. The minimum Gasteiger partial charge on any atom is -0.467 e. The zero-order chi connectivity index (χ0) is 19.4. The summed E-state index contributed by atoms with van der Waals surface area (Å²) in [6.45, 7) is 2.14. The Morgan fingerprint density at radius 1 is 1.07 bits per heavy atom. The molecule has 2 aromatic rings. The van der Waals surface area contributed by atoms with Gasteiger partial charge in [0.25, 0.3) is 5.91 Å². The Morgan fingerprint density at radius 2 is 1.81 bits per heavy atom. The second-order valence-electron chi connectivity index (χ2n) is 6.41. The molecule has 1 fully saturated rings. The highest BCUT2D eigenvalue weighted by atomic mass is 16.6. The van der Waals surface area contributed by atoms with Crippen molar-refractivity contribution >= 4 is 17.6 Å². The van der Waals surface area contributed by atoms with Gasteiger partial charge < -0.3 is 14.5 Å². The number of hydrogen-bond acceptors (Lipinski definition) is 5. The summed E-state index contributed by atoms with van der Waals surface area (Å²) in [4.78, 5) is 31.5. The van der Waals surface area contributed by atoms with E-state index in [0.29, 0.717) is 17.7 Å². The summed E-state index contributed by atoms with van der Waals surface area (Å²) in [5.41, 5.74) is 4.17. The van der Waals surface area contributed by atoms with Crippen molar-refractivity contribution in [1.82, 2.24) is 4.90 Å². The molecule has 0 aromatic heterocycles. The molecule has 0 N–H and O–H groups in total. The van der Waals surface area contributed by atoms with Crippen LogP contribution in [0.25, 0.3) is 11.1 Å². The Balaban J connectivity index is 1.90. The van der Waals surface area contributed by atoms with E-state index in [9.17, 15) is 9.59 Å². The molecule has 0 unspecified atom stereocenters. The number of rotatable bonds is 4. The van der Waals surface area contributed by atoms with Crippen LogP contribution in [0, 0.1) is 6.92 Å². The number of amides is 1. The molecular formula is C21H22N2O4. The van der Waals surface area contributed by atoms with Gasteiger partial charge in [-0.1, -0.05) is 47.6 Å². The molecule has 1 atom stereocenters. The van der Waals surface area contributed by atoms with E-state index in [1.165, 1.54) is 19.1 Å². The fraction of sp³-hybridized carbons (Fsp3) is 0.286. The van der Waals surface area contributed by atoms with Crippen LogP contribution in [0.5, 0.6) is 0 Å². The molecule has 1 heterocycles. The van der Waals surface area contributed by atoms with E-state index in [2.05, 4.69) is 5.16 Å². The van der Waals surface area contributed by atoms with Crippen LogP contribution in [-0.4, -0.2) is 49.3 Å². The van der Waals surface area contributed by atoms with Gasteiger partial charge in [-0.15, -0.1) is 0 Å². The number of ether oxygens (including phenoxy) is 1. The molecule has 140 valence electrons. The molecule has 0 radical (unpaired) electrons. The minimum atomic E-state index is -0.690. The van der Waals surface area contributed by atoms with Gasteiger partial charge >= 0.3 is 5.97 Å². The van der Waals surface area contributed by atoms with Crippen LogP contribution < -0.4 is 0 Å². The van der Waals surface area contributed by atoms with Crippen LogP contribution in [0.1, 0.15) is 22.3 Å². The smallest absolute Gasteiger partial charge is 0.329 e. The van der Waals surface area contributed by atoms with Gasteiger partial charge in [-0.2, -0.15) is 0 Å². The first-order chi connectivity index (χ1) is 13.0. The molecule has 6 nitrogen and oxygen atoms in total. The third-order valence-electron chi connectivity index (χ3n) is 4.68. The lowest BCUT2D eigenvalue weighted by atomic mass is 9.99. The minimum absolute atomic E-state index is 0.219. The Kier molecular flexibility index (Phi) is 5.54. The molecule has 1 aliphatic rings. The third kappa shape index (κ3) is 3.84. The molecule has 1 saturated heterocycles. The number of carbonyl (C=O) groups is 2. The van der Waals surface area contributed by atoms with E-state index in [0.717, 1.165) is 16.7 Å². The average molecular weight is 366 g/mol. The van der Waals surface area contributed by atoms with E-state index in [1.54, 1.807) is 6.07 Å². The number of hydrogen-bond donors (Lipinski definition) is 0. The Morgan fingerprint density at radius 3 is 2.44 bits per heavy atom. The zero-order valence-electron chi connectivity index (χ0n) is 15.6. The average Bonchev–Trinajstić information content (AvgIpc) is 3.11. The number of likely N-dealkylation sites (tertiary alicyclic amines) is 1. The van der Waals surface area contributed by atoms with E-state index >= 15 is 0 Å². The fourth-order valence-corrected chi connectivity index (χ4v) is 3.33. The van der Waals surface area contributed by atoms with Crippen LogP contribution in [-0.2, 0) is 14.4 Å². The van der Waals surface area contributed by atoms with Crippen molar-refractivity contribution in [2.24, 2.45) is 5.16 Å². The first-order valence-corrected chi connectivity index (χ1v) is 8.69. The molecule has 0 spiro atoms. The zero-order valence-corrected chi connectivity index (χ0v) is 15.6. The fourth-order valence-electron chi connectivity index (χ4n) is 3.33. The van der Waals surface area contributed by atoms with Crippen LogP contribution in [0.15, 0.2) is 53.7 Å². The highest BCUT2D eigenvalue weighted by Crippen LogP contribution is 2.25. The predicted molar refractivity (Wildman–Crippen MR) is 103 cm³/mol. The van der Waals surface area contributed by atoms with Gasteiger partial charge in [-0.25, -0.2) is 4.79 Å². The second-order valence-corrected chi connectivity index (χ2v) is 6.41. The van der Waals surface area contributed by atoms with Crippen LogP contribution in [0.2, 0.25) is 0 Å². The largest absolute Gasteiger partial charge is 0.467 e. The first-order valence-electron chi connectivity index (χ1n) is 8.69. The topological polar surface area (TPSA) is 68.2 Å². The number of aryl methyl sites for hydroxylation is 1.